The number of amides is 1. The highest BCUT2D eigenvalue weighted by Crippen LogP contribution is 2.20. The molecule has 2 heterocycles. The van der Waals surface area contributed by atoms with E-state index in [1.54, 1.807) is 18.6 Å². The first-order valence-electron chi connectivity index (χ1n) is 8.57. The van der Waals surface area contributed by atoms with Gasteiger partial charge < -0.3 is 10.6 Å². The summed E-state index contributed by atoms with van der Waals surface area (Å²) < 4.78 is 0. The van der Waals surface area contributed by atoms with E-state index in [9.17, 15) is 4.79 Å². The SMILES string of the molecule is O=C(NCc1ccncc1)c1cnc(NC2CCCCCC2)cn1. The van der Waals surface area contributed by atoms with Gasteiger partial charge in [0.1, 0.15) is 11.5 Å². The molecular weight excluding hydrogens is 302 g/mol. The minimum atomic E-state index is -0.222. The van der Waals surface area contributed by atoms with E-state index >= 15 is 0 Å². The van der Waals surface area contributed by atoms with Gasteiger partial charge in [-0.3, -0.25) is 9.78 Å². The Balaban J connectivity index is 1.52. The van der Waals surface area contributed by atoms with Crippen molar-refractivity contribution in [2.45, 2.75) is 51.1 Å². The Morgan fingerprint density at radius 1 is 1.04 bits per heavy atom. The van der Waals surface area contributed by atoms with E-state index in [-0.39, 0.29) is 5.91 Å². The molecule has 1 aliphatic carbocycles. The summed E-state index contributed by atoms with van der Waals surface area (Å²) in [5.74, 6) is 0.521. The summed E-state index contributed by atoms with van der Waals surface area (Å²) in [6.45, 7) is 0.450. The van der Waals surface area contributed by atoms with Crippen LogP contribution in [0.2, 0.25) is 0 Å². The smallest absolute Gasteiger partial charge is 0.271 e. The number of hydrogen-bond acceptors (Lipinski definition) is 5. The topological polar surface area (TPSA) is 79.8 Å². The quantitative estimate of drug-likeness (QED) is 0.826. The second-order valence-electron chi connectivity index (χ2n) is 6.16. The van der Waals surface area contributed by atoms with Gasteiger partial charge in [-0.05, 0) is 30.5 Å². The van der Waals surface area contributed by atoms with E-state index in [1.807, 2.05) is 12.1 Å². The first kappa shape index (κ1) is 16.4. The van der Waals surface area contributed by atoms with Crippen LogP contribution in [0.4, 0.5) is 5.82 Å². The van der Waals surface area contributed by atoms with Gasteiger partial charge in [0, 0.05) is 25.0 Å². The first-order valence-corrected chi connectivity index (χ1v) is 8.57. The molecule has 1 aliphatic rings. The van der Waals surface area contributed by atoms with Crippen molar-refractivity contribution in [3.8, 4) is 0 Å². The molecule has 0 bridgehead atoms. The summed E-state index contributed by atoms with van der Waals surface area (Å²) in [6, 6.07) is 4.20. The molecule has 0 unspecified atom stereocenters. The van der Waals surface area contributed by atoms with Gasteiger partial charge in [0.25, 0.3) is 5.91 Å². The fourth-order valence-corrected chi connectivity index (χ4v) is 2.93. The fraction of sp³-hybridized carbons (Fsp3) is 0.444. The number of hydrogen-bond donors (Lipinski definition) is 2. The average Bonchev–Trinajstić information content (AvgIpc) is 2.90. The highest BCUT2D eigenvalue weighted by molar-refractivity contribution is 5.91. The van der Waals surface area contributed by atoms with Crippen LogP contribution in [0.1, 0.15) is 54.6 Å². The summed E-state index contributed by atoms with van der Waals surface area (Å²) in [5, 5.41) is 6.27. The Kier molecular flexibility index (Phi) is 5.71. The van der Waals surface area contributed by atoms with Crippen molar-refractivity contribution in [2.75, 3.05) is 5.32 Å². The third kappa shape index (κ3) is 4.75. The van der Waals surface area contributed by atoms with Crippen LogP contribution in [0.5, 0.6) is 0 Å². The van der Waals surface area contributed by atoms with Gasteiger partial charge in [0.2, 0.25) is 0 Å². The first-order chi connectivity index (χ1) is 11.8. The zero-order valence-electron chi connectivity index (χ0n) is 13.7. The summed E-state index contributed by atoms with van der Waals surface area (Å²) >= 11 is 0. The number of anilines is 1. The number of nitrogens with zero attached hydrogens (tertiary/aromatic N) is 3. The van der Waals surface area contributed by atoms with Crippen LogP contribution >= 0.6 is 0 Å². The average molecular weight is 325 g/mol. The van der Waals surface area contributed by atoms with Crippen molar-refractivity contribution < 1.29 is 4.79 Å². The molecule has 24 heavy (non-hydrogen) atoms. The van der Waals surface area contributed by atoms with E-state index < -0.39 is 0 Å². The summed E-state index contributed by atoms with van der Waals surface area (Å²) in [5.41, 5.74) is 1.33. The van der Waals surface area contributed by atoms with Gasteiger partial charge in [-0.15, -0.1) is 0 Å². The molecule has 3 rings (SSSR count). The maximum absolute atomic E-state index is 12.1. The van der Waals surface area contributed by atoms with Crippen LogP contribution in [0.25, 0.3) is 0 Å². The molecule has 1 saturated carbocycles. The van der Waals surface area contributed by atoms with Crippen molar-refractivity contribution in [1.29, 1.82) is 0 Å². The normalized spacial score (nSPS) is 15.5. The molecule has 0 atom stereocenters. The zero-order valence-corrected chi connectivity index (χ0v) is 13.7. The minimum absolute atomic E-state index is 0.222. The third-order valence-corrected chi connectivity index (χ3v) is 4.29. The summed E-state index contributed by atoms with van der Waals surface area (Å²) in [6.07, 6.45) is 14.1. The second-order valence-corrected chi connectivity index (χ2v) is 6.16. The van der Waals surface area contributed by atoms with Gasteiger partial charge in [0.05, 0.1) is 12.4 Å². The number of aromatic nitrogens is 3. The van der Waals surface area contributed by atoms with Crippen molar-refractivity contribution >= 4 is 11.7 Å². The Labute approximate surface area is 142 Å². The predicted octanol–water partition coefficient (Wildman–Crippen LogP) is 2.94. The Morgan fingerprint density at radius 3 is 2.46 bits per heavy atom. The number of pyridine rings is 1. The van der Waals surface area contributed by atoms with Gasteiger partial charge in [0.15, 0.2) is 0 Å². The van der Waals surface area contributed by atoms with Crippen LogP contribution in [0.3, 0.4) is 0 Å². The summed E-state index contributed by atoms with van der Waals surface area (Å²) in [4.78, 5) is 24.6. The highest BCUT2D eigenvalue weighted by atomic mass is 16.1. The molecule has 6 nitrogen and oxygen atoms in total. The molecule has 0 radical (unpaired) electrons. The number of nitrogens with one attached hydrogen (secondary N) is 2. The van der Waals surface area contributed by atoms with Crippen molar-refractivity contribution in [2.24, 2.45) is 0 Å². The largest absolute Gasteiger partial charge is 0.366 e. The molecule has 2 N–H and O–H groups in total. The Morgan fingerprint density at radius 2 is 1.79 bits per heavy atom. The molecule has 0 aliphatic heterocycles. The molecule has 1 fully saturated rings. The number of carbonyl (C=O) groups excluding carboxylic acids is 1. The zero-order chi connectivity index (χ0) is 16.6. The van der Waals surface area contributed by atoms with E-state index in [0.717, 1.165) is 11.4 Å². The monoisotopic (exact) mass is 325 g/mol. The van der Waals surface area contributed by atoms with Gasteiger partial charge >= 0.3 is 0 Å². The van der Waals surface area contributed by atoms with E-state index in [0.29, 0.717) is 18.3 Å². The Hall–Kier alpha value is -2.50. The molecule has 2 aromatic rings. The van der Waals surface area contributed by atoms with E-state index in [4.69, 9.17) is 0 Å². The predicted molar refractivity (Wildman–Crippen MR) is 92.6 cm³/mol. The molecule has 0 saturated heterocycles. The molecule has 1 amide bonds. The second kappa shape index (κ2) is 8.38. The van der Waals surface area contributed by atoms with E-state index in [1.165, 1.54) is 44.7 Å². The van der Waals surface area contributed by atoms with Gasteiger partial charge in [-0.25, -0.2) is 9.97 Å². The van der Waals surface area contributed by atoms with Crippen LogP contribution in [0.15, 0.2) is 36.9 Å². The van der Waals surface area contributed by atoms with Crippen LogP contribution in [-0.4, -0.2) is 26.9 Å². The standard InChI is InChI=1S/C18H23N5O/c24-18(22-11-14-7-9-19-10-8-14)16-12-21-17(13-20-16)23-15-5-3-1-2-4-6-15/h7-10,12-13,15H,1-6,11H2,(H,21,23)(H,22,24). The highest BCUT2D eigenvalue weighted by Gasteiger charge is 2.13. The fourth-order valence-electron chi connectivity index (χ4n) is 2.93. The molecular formula is C18H23N5O. The lowest BCUT2D eigenvalue weighted by Gasteiger charge is -2.16. The third-order valence-electron chi connectivity index (χ3n) is 4.29. The van der Waals surface area contributed by atoms with Crippen LogP contribution in [0, 0.1) is 0 Å². The molecule has 0 spiro atoms. The lowest BCUT2D eigenvalue weighted by molar-refractivity contribution is 0.0945. The lowest BCUT2D eigenvalue weighted by Crippen LogP contribution is -2.24. The van der Waals surface area contributed by atoms with Gasteiger partial charge in [-0.1, -0.05) is 25.7 Å². The van der Waals surface area contributed by atoms with E-state index in [2.05, 4.69) is 25.6 Å². The van der Waals surface area contributed by atoms with Crippen molar-refractivity contribution in [3.05, 3.63) is 48.2 Å². The van der Waals surface area contributed by atoms with Crippen LogP contribution in [-0.2, 0) is 6.54 Å². The van der Waals surface area contributed by atoms with Gasteiger partial charge in [-0.2, -0.15) is 0 Å². The van der Waals surface area contributed by atoms with Crippen molar-refractivity contribution in [3.63, 3.8) is 0 Å². The number of carbonyl (C=O) groups is 1. The minimum Gasteiger partial charge on any atom is -0.366 e. The maximum atomic E-state index is 12.1. The van der Waals surface area contributed by atoms with Crippen LogP contribution < -0.4 is 10.6 Å². The number of rotatable bonds is 5. The van der Waals surface area contributed by atoms with Crippen molar-refractivity contribution in [1.82, 2.24) is 20.3 Å². The summed E-state index contributed by atoms with van der Waals surface area (Å²) in [7, 11) is 0. The lowest BCUT2D eigenvalue weighted by atomic mass is 10.1. The molecule has 126 valence electrons. The molecule has 0 aromatic carbocycles. The molecule has 2 aromatic heterocycles. The maximum Gasteiger partial charge on any atom is 0.271 e. The molecule has 6 heteroatoms. The Bertz CT molecular complexity index is 636.